The molecule has 1 saturated carbocycles. The zero-order valence-corrected chi connectivity index (χ0v) is 11.5. The summed E-state index contributed by atoms with van der Waals surface area (Å²) in [7, 11) is 1.70. The molecular formula is C12H23NO3S. The van der Waals surface area contributed by atoms with Gasteiger partial charge in [0.15, 0.2) is 0 Å². The summed E-state index contributed by atoms with van der Waals surface area (Å²) in [6.07, 6.45) is 3.85. The van der Waals surface area contributed by atoms with Gasteiger partial charge in [0.1, 0.15) is 5.54 Å². The first-order valence-corrected chi connectivity index (χ1v) is 7.32. The van der Waals surface area contributed by atoms with Gasteiger partial charge in [0.25, 0.3) is 0 Å². The number of carboxylic acid groups (broad SMARTS) is 1. The van der Waals surface area contributed by atoms with Crippen molar-refractivity contribution in [2.24, 2.45) is 0 Å². The summed E-state index contributed by atoms with van der Waals surface area (Å²) in [6, 6.07) is 0.428. The smallest absolute Gasteiger partial charge is 0.323 e. The Kier molecular flexibility index (Phi) is 6.30. The summed E-state index contributed by atoms with van der Waals surface area (Å²) in [6.45, 7) is 2.56. The fourth-order valence-electron chi connectivity index (χ4n) is 1.69. The number of carboxylic acids is 1. The largest absolute Gasteiger partial charge is 0.480 e. The summed E-state index contributed by atoms with van der Waals surface area (Å²) in [5.74, 6) is 1.25. The normalized spacial score (nSPS) is 18.9. The van der Waals surface area contributed by atoms with Gasteiger partial charge in [-0.2, -0.15) is 11.8 Å². The van der Waals surface area contributed by atoms with Gasteiger partial charge in [0.05, 0.1) is 6.61 Å². The molecule has 0 amide bonds. The number of nitrogens with one attached hydrogen (secondary N) is 1. The molecular weight excluding hydrogens is 238 g/mol. The van der Waals surface area contributed by atoms with Crippen LogP contribution in [0.1, 0.15) is 32.6 Å². The number of aliphatic carboxylic acids is 1. The molecule has 0 radical (unpaired) electrons. The lowest BCUT2D eigenvalue weighted by molar-refractivity contribution is -0.144. The lowest BCUT2D eigenvalue weighted by Crippen LogP contribution is -2.50. The summed E-state index contributed by atoms with van der Waals surface area (Å²) < 4.78 is 4.96. The molecule has 0 bridgehead atoms. The van der Waals surface area contributed by atoms with E-state index in [1.165, 1.54) is 0 Å². The summed E-state index contributed by atoms with van der Waals surface area (Å²) in [5.41, 5.74) is -0.747. The van der Waals surface area contributed by atoms with Crippen LogP contribution in [0.15, 0.2) is 0 Å². The van der Waals surface area contributed by atoms with Crippen molar-refractivity contribution < 1.29 is 14.6 Å². The Morgan fingerprint density at radius 3 is 2.76 bits per heavy atom. The van der Waals surface area contributed by atoms with Crippen LogP contribution in [0.3, 0.4) is 0 Å². The van der Waals surface area contributed by atoms with E-state index in [0.717, 1.165) is 37.4 Å². The van der Waals surface area contributed by atoms with E-state index >= 15 is 0 Å². The fourth-order valence-corrected chi connectivity index (χ4v) is 2.53. The van der Waals surface area contributed by atoms with Crippen molar-refractivity contribution in [3.63, 3.8) is 0 Å². The highest BCUT2D eigenvalue weighted by Crippen LogP contribution is 2.25. The third-order valence-electron chi connectivity index (χ3n) is 2.97. The molecule has 1 fully saturated rings. The van der Waals surface area contributed by atoms with Crippen LogP contribution in [-0.4, -0.2) is 47.9 Å². The average molecular weight is 261 g/mol. The fraction of sp³-hybridized carbons (Fsp3) is 0.917. The van der Waals surface area contributed by atoms with Gasteiger partial charge >= 0.3 is 5.97 Å². The second kappa shape index (κ2) is 7.24. The molecule has 0 heterocycles. The summed E-state index contributed by atoms with van der Waals surface area (Å²) in [5, 5.41) is 12.5. The number of carbonyl (C=O) groups is 1. The molecule has 0 aromatic heterocycles. The zero-order chi connectivity index (χ0) is 12.7. The maximum absolute atomic E-state index is 11.3. The third-order valence-corrected chi connectivity index (χ3v) is 4.00. The Hall–Kier alpha value is -0.260. The molecule has 5 heteroatoms. The summed E-state index contributed by atoms with van der Waals surface area (Å²) in [4.78, 5) is 11.3. The Labute approximate surface area is 107 Å². The van der Waals surface area contributed by atoms with Crippen LogP contribution in [0.5, 0.6) is 0 Å². The van der Waals surface area contributed by atoms with Crippen molar-refractivity contribution in [1.29, 1.82) is 0 Å². The standard InChI is InChI=1S/C12H23NO3S/c1-12(11(14)15,13-10-4-5-10)6-3-8-17-9-7-16-2/h10,13H,3-9H2,1-2H3,(H,14,15). The van der Waals surface area contributed by atoms with Crippen molar-refractivity contribution in [3.8, 4) is 0 Å². The van der Waals surface area contributed by atoms with E-state index in [0.29, 0.717) is 12.5 Å². The predicted octanol–water partition coefficient (Wildman–Crippen LogP) is 1.74. The number of methoxy groups -OCH3 is 1. The number of thioether (sulfide) groups is 1. The number of rotatable bonds is 10. The first kappa shape index (κ1) is 14.8. The van der Waals surface area contributed by atoms with Crippen LogP contribution in [-0.2, 0) is 9.53 Å². The van der Waals surface area contributed by atoms with E-state index in [-0.39, 0.29) is 0 Å². The predicted molar refractivity (Wildman–Crippen MR) is 70.6 cm³/mol. The second-order valence-corrected chi connectivity index (χ2v) is 5.99. The summed E-state index contributed by atoms with van der Waals surface area (Å²) >= 11 is 1.82. The molecule has 17 heavy (non-hydrogen) atoms. The Morgan fingerprint density at radius 2 is 2.24 bits per heavy atom. The van der Waals surface area contributed by atoms with Gasteiger partial charge in [-0.15, -0.1) is 0 Å². The van der Waals surface area contributed by atoms with Gasteiger partial charge in [-0.1, -0.05) is 0 Å². The second-order valence-electron chi connectivity index (χ2n) is 4.76. The lowest BCUT2D eigenvalue weighted by Gasteiger charge is -2.26. The van der Waals surface area contributed by atoms with Crippen LogP contribution in [0.25, 0.3) is 0 Å². The zero-order valence-electron chi connectivity index (χ0n) is 10.7. The monoisotopic (exact) mass is 261 g/mol. The van der Waals surface area contributed by atoms with Gasteiger partial charge in [0.2, 0.25) is 0 Å². The highest BCUT2D eigenvalue weighted by molar-refractivity contribution is 7.99. The van der Waals surface area contributed by atoms with Crippen LogP contribution < -0.4 is 5.32 Å². The van der Waals surface area contributed by atoms with E-state index < -0.39 is 11.5 Å². The molecule has 2 N–H and O–H groups in total. The van der Waals surface area contributed by atoms with E-state index in [1.807, 2.05) is 11.8 Å². The maximum Gasteiger partial charge on any atom is 0.323 e. The number of hydrogen-bond donors (Lipinski definition) is 2. The van der Waals surface area contributed by atoms with E-state index in [1.54, 1.807) is 14.0 Å². The maximum atomic E-state index is 11.3. The lowest BCUT2D eigenvalue weighted by atomic mass is 9.96. The van der Waals surface area contributed by atoms with E-state index in [2.05, 4.69) is 5.32 Å². The minimum Gasteiger partial charge on any atom is -0.480 e. The van der Waals surface area contributed by atoms with E-state index in [4.69, 9.17) is 4.74 Å². The molecule has 1 aliphatic carbocycles. The van der Waals surface area contributed by atoms with Crippen molar-refractivity contribution >= 4 is 17.7 Å². The third kappa shape index (κ3) is 5.75. The van der Waals surface area contributed by atoms with E-state index in [9.17, 15) is 9.90 Å². The topological polar surface area (TPSA) is 58.6 Å². The average Bonchev–Trinajstić information content (AvgIpc) is 3.07. The minimum absolute atomic E-state index is 0.428. The van der Waals surface area contributed by atoms with Crippen LogP contribution >= 0.6 is 11.8 Å². The number of ether oxygens (including phenoxy) is 1. The van der Waals surface area contributed by atoms with Gasteiger partial charge < -0.3 is 9.84 Å². The molecule has 0 saturated heterocycles. The molecule has 1 aliphatic rings. The van der Waals surface area contributed by atoms with Gasteiger partial charge in [-0.25, -0.2) is 0 Å². The molecule has 0 aromatic carbocycles. The van der Waals surface area contributed by atoms with Crippen LogP contribution in [0, 0.1) is 0 Å². The molecule has 4 nitrogen and oxygen atoms in total. The van der Waals surface area contributed by atoms with Crippen LogP contribution in [0.4, 0.5) is 0 Å². The van der Waals surface area contributed by atoms with Gasteiger partial charge in [-0.05, 0) is 38.4 Å². The molecule has 100 valence electrons. The highest BCUT2D eigenvalue weighted by atomic mass is 32.2. The SMILES string of the molecule is COCCSCCCC(C)(NC1CC1)C(=O)O. The number of hydrogen-bond acceptors (Lipinski definition) is 4. The van der Waals surface area contributed by atoms with Crippen molar-refractivity contribution in [2.45, 2.75) is 44.2 Å². The Balaban J connectivity index is 2.17. The van der Waals surface area contributed by atoms with Gasteiger partial charge in [0, 0.05) is 18.9 Å². The molecule has 0 aliphatic heterocycles. The molecule has 1 rings (SSSR count). The minimum atomic E-state index is -0.747. The molecule has 1 unspecified atom stereocenters. The first-order valence-electron chi connectivity index (χ1n) is 6.16. The Bertz CT molecular complexity index is 246. The highest BCUT2D eigenvalue weighted by Gasteiger charge is 2.37. The van der Waals surface area contributed by atoms with Gasteiger partial charge in [-0.3, -0.25) is 10.1 Å². The van der Waals surface area contributed by atoms with Crippen LogP contribution in [0.2, 0.25) is 0 Å². The first-order chi connectivity index (χ1) is 8.08. The van der Waals surface area contributed by atoms with Crippen molar-refractivity contribution in [1.82, 2.24) is 5.32 Å². The molecule has 0 aromatic rings. The van der Waals surface area contributed by atoms with Crippen molar-refractivity contribution in [3.05, 3.63) is 0 Å². The molecule has 1 atom stereocenters. The quantitative estimate of drug-likeness (QED) is 0.587. The Morgan fingerprint density at radius 1 is 1.53 bits per heavy atom. The van der Waals surface area contributed by atoms with Crippen molar-refractivity contribution in [2.75, 3.05) is 25.2 Å². The molecule has 0 spiro atoms.